The van der Waals surface area contributed by atoms with Gasteiger partial charge < -0.3 is 19.6 Å². The molecule has 7 heteroatoms. The molecule has 0 fully saturated rings. The van der Waals surface area contributed by atoms with Gasteiger partial charge in [0.05, 0.1) is 12.7 Å². The minimum atomic E-state index is -1.37. The fraction of sp³-hybridized carbons (Fsp3) is 0.462. The van der Waals surface area contributed by atoms with Crippen LogP contribution in [0.2, 0.25) is 0 Å². The summed E-state index contributed by atoms with van der Waals surface area (Å²) in [6.45, 7) is 5.01. The molecule has 0 aliphatic rings. The van der Waals surface area contributed by atoms with Crippen LogP contribution in [0.25, 0.3) is 0 Å². The largest absolute Gasteiger partial charge is 0.480 e. The number of carboxylic acids is 1. The van der Waals surface area contributed by atoms with Crippen LogP contribution in [0.3, 0.4) is 0 Å². The first kappa shape index (κ1) is 15.7. The average molecular weight is 283 g/mol. The fourth-order valence-electron chi connectivity index (χ4n) is 1.39. The van der Waals surface area contributed by atoms with Gasteiger partial charge in [-0.2, -0.15) is 0 Å². The maximum absolute atomic E-state index is 11.7. The average Bonchev–Trinajstić information content (AvgIpc) is 2.78. The maximum Gasteiger partial charge on any atom is 0.326 e. The molecule has 1 rings (SSSR count). The van der Waals surface area contributed by atoms with E-state index in [0.29, 0.717) is 0 Å². The second kappa shape index (κ2) is 6.23. The van der Waals surface area contributed by atoms with Crippen LogP contribution in [-0.4, -0.2) is 34.6 Å². The van der Waals surface area contributed by atoms with Crippen molar-refractivity contribution < 1.29 is 28.6 Å². The summed E-state index contributed by atoms with van der Waals surface area (Å²) in [5, 5.41) is 11.2. The number of nitrogens with one attached hydrogen (secondary N) is 1. The molecule has 0 saturated carbocycles. The van der Waals surface area contributed by atoms with E-state index in [1.165, 1.54) is 18.4 Å². The van der Waals surface area contributed by atoms with Crippen LogP contribution in [-0.2, 0) is 14.3 Å². The Labute approximate surface area is 115 Å². The van der Waals surface area contributed by atoms with Crippen LogP contribution in [0.15, 0.2) is 22.8 Å². The Bertz CT molecular complexity index is 485. The van der Waals surface area contributed by atoms with Crippen LogP contribution in [0.5, 0.6) is 0 Å². The van der Waals surface area contributed by atoms with Gasteiger partial charge in [0.15, 0.2) is 5.76 Å². The van der Waals surface area contributed by atoms with Crippen molar-refractivity contribution in [2.75, 3.05) is 0 Å². The Balaban J connectivity index is 2.64. The van der Waals surface area contributed by atoms with Crippen molar-refractivity contribution in [3.05, 3.63) is 24.2 Å². The van der Waals surface area contributed by atoms with Gasteiger partial charge in [-0.05, 0) is 32.9 Å². The number of esters is 1. The molecule has 0 aliphatic carbocycles. The van der Waals surface area contributed by atoms with Gasteiger partial charge in [0.2, 0.25) is 0 Å². The van der Waals surface area contributed by atoms with E-state index >= 15 is 0 Å². The minimum absolute atomic E-state index is 0.0274. The number of aliphatic carboxylic acids is 1. The molecular formula is C13H17NO6. The molecule has 7 nitrogen and oxygen atoms in total. The first-order chi connectivity index (χ1) is 9.19. The Kier molecular flexibility index (Phi) is 4.90. The SMILES string of the molecule is CC(C)(C)OC(=O)C[C@H](NC(=O)c1ccco1)C(=O)O. The second-order valence-corrected chi connectivity index (χ2v) is 5.13. The van der Waals surface area contributed by atoms with Gasteiger partial charge in [-0.1, -0.05) is 0 Å². The lowest BCUT2D eigenvalue weighted by Gasteiger charge is -2.21. The Morgan fingerprint density at radius 2 is 2.05 bits per heavy atom. The zero-order valence-corrected chi connectivity index (χ0v) is 11.5. The van der Waals surface area contributed by atoms with Gasteiger partial charge >= 0.3 is 11.9 Å². The predicted molar refractivity (Wildman–Crippen MR) is 68.1 cm³/mol. The summed E-state index contributed by atoms with van der Waals surface area (Å²) in [7, 11) is 0. The molecule has 0 bridgehead atoms. The van der Waals surface area contributed by atoms with E-state index in [1.807, 2.05) is 0 Å². The summed E-state index contributed by atoms with van der Waals surface area (Å²) in [4.78, 5) is 34.3. The smallest absolute Gasteiger partial charge is 0.326 e. The van der Waals surface area contributed by atoms with E-state index in [4.69, 9.17) is 14.3 Å². The summed E-state index contributed by atoms with van der Waals surface area (Å²) in [5.41, 5.74) is -0.717. The first-order valence-corrected chi connectivity index (χ1v) is 5.98. The zero-order chi connectivity index (χ0) is 15.3. The van der Waals surface area contributed by atoms with Crippen molar-refractivity contribution in [1.29, 1.82) is 0 Å². The zero-order valence-electron chi connectivity index (χ0n) is 11.5. The molecule has 0 unspecified atom stereocenters. The van der Waals surface area contributed by atoms with Crippen molar-refractivity contribution in [2.45, 2.75) is 38.8 Å². The molecule has 0 saturated heterocycles. The van der Waals surface area contributed by atoms with Crippen LogP contribution in [0.4, 0.5) is 0 Å². The summed E-state index contributed by atoms with van der Waals surface area (Å²) in [6.07, 6.45) is 0.831. The number of carbonyl (C=O) groups is 3. The van der Waals surface area contributed by atoms with Crippen LogP contribution in [0, 0.1) is 0 Å². The first-order valence-electron chi connectivity index (χ1n) is 5.98. The lowest BCUT2D eigenvalue weighted by atomic mass is 10.1. The topological polar surface area (TPSA) is 106 Å². The third-order valence-electron chi connectivity index (χ3n) is 2.14. The van der Waals surface area contributed by atoms with Crippen LogP contribution >= 0.6 is 0 Å². The lowest BCUT2D eigenvalue weighted by molar-refractivity contribution is -0.158. The number of rotatable bonds is 5. The monoisotopic (exact) mass is 283 g/mol. The molecule has 1 atom stereocenters. The summed E-state index contributed by atoms with van der Waals surface area (Å²) < 4.78 is 9.85. The molecule has 0 spiro atoms. The van der Waals surface area contributed by atoms with Gasteiger partial charge in [-0.3, -0.25) is 9.59 Å². The van der Waals surface area contributed by atoms with E-state index in [0.717, 1.165) is 0 Å². The number of hydrogen-bond donors (Lipinski definition) is 2. The lowest BCUT2D eigenvalue weighted by Crippen LogP contribution is -2.43. The Morgan fingerprint density at radius 3 is 2.50 bits per heavy atom. The van der Waals surface area contributed by atoms with Gasteiger partial charge in [0.1, 0.15) is 11.6 Å². The number of amides is 1. The third kappa shape index (κ3) is 5.13. The van der Waals surface area contributed by atoms with E-state index < -0.39 is 35.9 Å². The quantitative estimate of drug-likeness (QED) is 0.786. The molecular weight excluding hydrogens is 266 g/mol. The van der Waals surface area contributed by atoms with E-state index in [2.05, 4.69) is 5.32 Å². The highest BCUT2D eigenvalue weighted by atomic mass is 16.6. The van der Waals surface area contributed by atoms with Crippen molar-refractivity contribution in [1.82, 2.24) is 5.32 Å². The van der Waals surface area contributed by atoms with Crippen molar-refractivity contribution in [3.63, 3.8) is 0 Å². The molecule has 1 aromatic heterocycles. The van der Waals surface area contributed by atoms with Crippen molar-refractivity contribution in [3.8, 4) is 0 Å². The molecule has 0 radical (unpaired) electrons. The van der Waals surface area contributed by atoms with E-state index in [1.54, 1.807) is 20.8 Å². The Morgan fingerprint density at radius 1 is 1.40 bits per heavy atom. The maximum atomic E-state index is 11.7. The van der Waals surface area contributed by atoms with Gasteiger partial charge in [-0.15, -0.1) is 0 Å². The van der Waals surface area contributed by atoms with Gasteiger partial charge in [0.25, 0.3) is 5.91 Å². The van der Waals surface area contributed by atoms with Crippen molar-refractivity contribution >= 4 is 17.8 Å². The third-order valence-corrected chi connectivity index (χ3v) is 2.14. The normalized spacial score (nSPS) is 12.6. The molecule has 20 heavy (non-hydrogen) atoms. The molecule has 0 aliphatic heterocycles. The summed E-state index contributed by atoms with van der Waals surface area (Å²) >= 11 is 0. The highest BCUT2D eigenvalue weighted by molar-refractivity contribution is 5.95. The van der Waals surface area contributed by atoms with E-state index in [-0.39, 0.29) is 5.76 Å². The van der Waals surface area contributed by atoms with Gasteiger partial charge in [0, 0.05) is 0 Å². The fourth-order valence-corrected chi connectivity index (χ4v) is 1.39. The van der Waals surface area contributed by atoms with Crippen molar-refractivity contribution in [2.24, 2.45) is 0 Å². The molecule has 1 aromatic rings. The number of hydrogen-bond acceptors (Lipinski definition) is 5. The second-order valence-electron chi connectivity index (χ2n) is 5.13. The van der Waals surface area contributed by atoms with Crippen LogP contribution < -0.4 is 5.32 Å². The number of carbonyl (C=O) groups excluding carboxylic acids is 2. The summed E-state index contributed by atoms with van der Waals surface area (Å²) in [6, 6.07) is 1.52. The molecule has 2 N–H and O–H groups in total. The van der Waals surface area contributed by atoms with Gasteiger partial charge in [-0.25, -0.2) is 4.79 Å². The highest BCUT2D eigenvalue weighted by Gasteiger charge is 2.27. The standard InChI is InChI=1S/C13H17NO6/c1-13(2,3)20-10(15)7-8(12(17)18)14-11(16)9-5-4-6-19-9/h4-6,8H,7H2,1-3H3,(H,14,16)(H,17,18)/t8-/m0/s1. The summed E-state index contributed by atoms with van der Waals surface area (Å²) in [5.74, 6) is -2.76. The number of furan rings is 1. The predicted octanol–water partition coefficient (Wildman–Crippen LogP) is 1.19. The number of ether oxygens (including phenoxy) is 1. The molecule has 110 valence electrons. The molecule has 0 aromatic carbocycles. The minimum Gasteiger partial charge on any atom is -0.480 e. The Hall–Kier alpha value is -2.31. The van der Waals surface area contributed by atoms with Crippen LogP contribution in [0.1, 0.15) is 37.7 Å². The highest BCUT2D eigenvalue weighted by Crippen LogP contribution is 2.10. The van der Waals surface area contributed by atoms with E-state index in [9.17, 15) is 14.4 Å². The molecule has 1 amide bonds. The number of carboxylic acid groups (broad SMARTS) is 1. The molecule has 1 heterocycles.